The Morgan fingerprint density at radius 1 is 1.36 bits per heavy atom. The highest BCUT2D eigenvalue weighted by atomic mass is 32.2. The average Bonchev–Trinajstić information content (AvgIpc) is 2.42. The predicted octanol–water partition coefficient (Wildman–Crippen LogP) is 1.91. The van der Waals surface area contributed by atoms with Crippen LogP contribution >= 0.6 is 0 Å². The van der Waals surface area contributed by atoms with Crippen molar-refractivity contribution < 1.29 is 22.3 Å². The minimum Gasteiger partial charge on any atom is -0.396 e. The molecule has 0 saturated heterocycles. The molecule has 0 bridgehead atoms. The lowest BCUT2D eigenvalue weighted by Gasteiger charge is -2.24. The van der Waals surface area contributed by atoms with Crippen LogP contribution in [-0.4, -0.2) is 26.7 Å². The Kier molecular flexibility index (Phi) is 6.00. The minimum atomic E-state index is -4.29. The zero-order valence-electron chi connectivity index (χ0n) is 12.4. The molecule has 22 heavy (non-hydrogen) atoms. The molecule has 0 aliphatic rings. The lowest BCUT2D eigenvalue weighted by Crippen LogP contribution is -2.35. The third kappa shape index (κ3) is 4.73. The van der Waals surface area contributed by atoms with Crippen molar-refractivity contribution in [3.8, 4) is 6.07 Å². The molecule has 0 saturated carbocycles. The van der Waals surface area contributed by atoms with Gasteiger partial charge in [-0.25, -0.2) is 21.9 Å². The van der Waals surface area contributed by atoms with Crippen molar-refractivity contribution in [1.29, 1.82) is 5.26 Å². The van der Waals surface area contributed by atoms with Crippen molar-refractivity contribution in [3.05, 3.63) is 29.3 Å². The van der Waals surface area contributed by atoms with Crippen molar-refractivity contribution in [2.24, 2.45) is 5.41 Å². The molecular formula is C14H18F2N2O3S. The van der Waals surface area contributed by atoms with Crippen molar-refractivity contribution in [2.75, 3.05) is 13.2 Å². The van der Waals surface area contributed by atoms with E-state index < -0.39 is 37.5 Å². The first-order valence-electron chi connectivity index (χ1n) is 6.62. The third-order valence-electron chi connectivity index (χ3n) is 3.15. The maximum atomic E-state index is 13.8. The van der Waals surface area contributed by atoms with E-state index in [1.165, 1.54) is 6.07 Å². The topological polar surface area (TPSA) is 90.2 Å². The highest BCUT2D eigenvalue weighted by Crippen LogP contribution is 2.24. The van der Waals surface area contributed by atoms with E-state index in [-0.39, 0.29) is 13.2 Å². The molecule has 0 amide bonds. The van der Waals surface area contributed by atoms with E-state index in [4.69, 9.17) is 10.4 Å². The predicted molar refractivity (Wildman–Crippen MR) is 76.4 cm³/mol. The molecule has 0 atom stereocenters. The number of hydrogen-bond acceptors (Lipinski definition) is 4. The molecule has 1 aromatic carbocycles. The summed E-state index contributed by atoms with van der Waals surface area (Å²) in [5, 5.41) is 17.7. The molecule has 0 heterocycles. The maximum absolute atomic E-state index is 13.8. The van der Waals surface area contributed by atoms with Crippen molar-refractivity contribution in [2.45, 2.75) is 31.6 Å². The van der Waals surface area contributed by atoms with Gasteiger partial charge < -0.3 is 5.11 Å². The Morgan fingerprint density at radius 3 is 2.55 bits per heavy atom. The second kappa shape index (κ2) is 7.13. The van der Waals surface area contributed by atoms with E-state index in [0.29, 0.717) is 25.0 Å². The second-order valence-electron chi connectivity index (χ2n) is 5.69. The molecular weight excluding hydrogens is 314 g/mol. The maximum Gasteiger partial charge on any atom is 0.244 e. The molecule has 2 N–H and O–H groups in total. The number of halogens is 2. The van der Waals surface area contributed by atoms with Crippen molar-refractivity contribution in [1.82, 2.24) is 4.72 Å². The molecule has 0 aliphatic carbocycles. The van der Waals surface area contributed by atoms with Gasteiger partial charge in [0, 0.05) is 19.2 Å². The van der Waals surface area contributed by atoms with Gasteiger partial charge in [0.25, 0.3) is 0 Å². The van der Waals surface area contributed by atoms with Gasteiger partial charge >= 0.3 is 0 Å². The molecule has 8 heteroatoms. The Labute approximate surface area is 128 Å². The Balaban J connectivity index is 3.04. The Morgan fingerprint density at radius 2 is 2.00 bits per heavy atom. The smallest absolute Gasteiger partial charge is 0.244 e. The van der Waals surface area contributed by atoms with Gasteiger partial charge in [0.05, 0.1) is 5.56 Å². The van der Waals surface area contributed by atoms with Crippen LogP contribution < -0.4 is 4.72 Å². The fraction of sp³-hybridized carbons (Fsp3) is 0.500. The zero-order chi connectivity index (χ0) is 17.0. The van der Waals surface area contributed by atoms with E-state index in [1.807, 2.05) is 0 Å². The van der Waals surface area contributed by atoms with Gasteiger partial charge in [0.15, 0.2) is 0 Å². The zero-order valence-corrected chi connectivity index (χ0v) is 13.2. The fourth-order valence-corrected chi connectivity index (χ4v) is 3.36. The fourth-order valence-electron chi connectivity index (χ4n) is 1.93. The van der Waals surface area contributed by atoms with Gasteiger partial charge in [-0.05, 0) is 24.3 Å². The van der Waals surface area contributed by atoms with Gasteiger partial charge in [-0.3, -0.25) is 0 Å². The van der Waals surface area contributed by atoms with E-state index in [9.17, 15) is 17.2 Å². The molecule has 5 nitrogen and oxygen atoms in total. The quantitative estimate of drug-likeness (QED) is 0.798. The summed E-state index contributed by atoms with van der Waals surface area (Å²) in [4.78, 5) is -0.852. The number of nitrogens with zero attached hydrogens (tertiary/aromatic N) is 1. The number of sulfonamides is 1. The molecule has 0 fully saturated rings. The minimum absolute atomic E-state index is 0.00296. The Bertz CT molecular complexity index is 682. The summed E-state index contributed by atoms with van der Waals surface area (Å²) < 4.78 is 53.5. The lowest BCUT2D eigenvalue weighted by molar-refractivity contribution is 0.242. The second-order valence-corrected chi connectivity index (χ2v) is 7.40. The Hall–Kier alpha value is -1.56. The first-order chi connectivity index (χ1) is 10.1. The number of aliphatic hydroxyl groups excluding tert-OH is 1. The lowest BCUT2D eigenvalue weighted by atomic mass is 9.88. The first kappa shape index (κ1) is 18.5. The molecule has 122 valence electrons. The van der Waals surface area contributed by atoms with Gasteiger partial charge in [-0.2, -0.15) is 5.26 Å². The van der Waals surface area contributed by atoms with Gasteiger partial charge in [-0.15, -0.1) is 0 Å². The van der Waals surface area contributed by atoms with Crippen LogP contribution in [0.4, 0.5) is 8.78 Å². The number of hydrogen-bond donors (Lipinski definition) is 2. The molecule has 0 aromatic heterocycles. The summed E-state index contributed by atoms with van der Waals surface area (Å²) in [7, 11) is -4.29. The van der Waals surface area contributed by atoms with Crippen LogP contribution in [0.3, 0.4) is 0 Å². The highest BCUT2D eigenvalue weighted by Gasteiger charge is 2.27. The number of nitrogens with one attached hydrogen (secondary N) is 1. The SMILES string of the molecule is CC(C)(CCCO)CNS(=O)(=O)c1c(F)cc(F)cc1C#N. The standard InChI is InChI=1S/C14H18F2N2O3S/c1-14(2,4-3-5-19)9-18-22(20,21)13-10(8-17)6-11(15)7-12(13)16/h6-7,18-19H,3-5,9H2,1-2H3. The van der Waals surface area contributed by atoms with Gasteiger partial charge in [-0.1, -0.05) is 13.8 Å². The largest absolute Gasteiger partial charge is 0.396 e. The number of rotatable bonds is 7. The summed E-state index contributed by atoms with van der Waals surface area (Å²) in [6.45, 7) is 3.56. The third-order valence-corrected chi connectivity index (χ3v) is 4.63. The highest BCUT2D eigenvalue weighted by molar-refractivity contribution is 7.89. The van der Waals surface area contributed by atoms with Crippen molar-refractivity contribution in [3.63, 3.8) is 0 Å². The molecule has 1 rings (SSSR count). The average molecular weight is 332 g/mol. The van der Waals surface area contributed by atoms with Crippen LogP contribution in [0.2, 0.25) is 0 Å². The number of benzene rings is 1. The monoisotopic (exact) mass is 332 g/mol. The summed E-state index contributed by atoms with van der Waals surface area (Å²) >= 11 is 0. The van der Waals surface area contributed by atoms with E-state index >= 15 is 0 Å². The van der Waals surface area contributed by atoms with Crippen molar-refractivity contribution >= 4 is 10.0 Å². The molecule has 1 aromatic rings. The van der Waals surface area contributed by atoms with Crippen LogP contribution in [-0.2, 0) is 10.0 Å². The summed E-state index contributed by atoms with van der Waals surface area (Å²) in [6, 6.07) is 2.58. The van der Waals surface area contributed by atoms with Crippen LogP contribution in [0.25, 0.3) is 0 Å². The van der Waals surface area contributed by atoms with Crippen LogP contribution in [0.5, 0.6) is 0 Å². The summed E-state index contributed by atoms with van der Waals surface area (Å²) in [5.41, 5.74) is -1.04. The first-order valence-corrected chi connectivity index (χ1v) is 8.11. The van der Waals surface area contributed by atoms with E-state index in [2.05, 4.69) is 4.72 Å². The van der Waals surface area contributed by atoms with Crippen LogP contribution in [0.15, 0.2) is 17.0 Å². The number of nitriles is 1. The summed E-state index contributed by atoms with van der Waals surface area (Å²) in [6.07, 6.45) is 1.06. The molecule has 0 aliphatic heterocycles. The van der Waals surface area contributed by atoms with E-state index in [1.54, 1.807) is 13.8 Å². The van der Waals surface area contributed by atoms with Gasteiger partial charge in [0.2, 0.25) is 10.0 Å². The number of aliphatic hydroxyl groups is 1. The summed E-state index contributed by atoms with van der Waals surface area (Å²) in [5.74, 6) is -2.33. The van der Waals surface area contributed by atoms with Gasteiger partial charge in [0.1, 0.15) is 22.6 Å². The van der Waals surface area contributed by atoms with E-state index in [0.717, 1.165) is 0 Å². The molecule has 0 unspecified atom stereocenters. The molecule has 0 radical (unpaired) electrons. The normalized spacial score (nSPS) is 12.2. The molecule has 0 spiro atoms. The van der Waals surface area contributed by atoms with Crippen LogP contribution in [0, 0.1) is 28.4 Å². The van der Waals surface area contributed by atoms with Crippen LogP contribution in [0.1, 0.15) is 32.3 Å².